The largest absolute Gasteiger partial charge is 0.497 e. The first-order valence-corrected chi connectivity index (χ1v) is 9.32. The number of Topliss-reactive ketones (excluding diaryl/α,β-unsaturated/α-hetero) is 2. The first-order chi connectivity index (χ1) is 10.5. The Morgan fingerprint density at radius 1 is 1.32 bits per heavy atom. The highest BCUT2D eigenvalue weighted by atomic mass is 32.2. The van der Waals surface area contributed by atoms with Crippen LogP contribution in [0.1, 0.15) is 52.9 Å². The molecule has 1 unspecified atom stereocenters. The van der Waals surface area contributed by atoms with Crippen molar-refractivity contribution < 1.29 is 14.3 Å². The van der Waals surface area contributed by atoms with Gasteiger partial charge < -0.3 is 10.5 Å². The summed E-state index contributed by atoms with van der Waals surface area (Å²) < 4.78 is 5.56. The second kappa shape index (κ2) is 10.1. The monoisotopic (exact) mass is 327 g/mol. The molecular formula is C17H29NO3S. The van der Waals surface area contributed by atoms with Crippen molar-refractivity contribution in [1.29, 1.82) is 0 Å². The van der Waals surface area contributed by atoms with Crippen LogP contribution in [0.5, 0.6) is 0 Å². The molecule has 1 rings (SSSR count). The number of nitrogens with two attached hydrogens (primary N) is 1. The second-order valence-electron chi connectivity index (χ2n) is 5.75. The number of ketones is 2. The summed E-state index contributed by atoms with van der Waals surface area (Å²) in [4.78, 5) is 24.9. The molecule has 0 aromatic carbocycles. The number of rotatable bonds is 9. The number of ether oxygens (including phenoxy) is 1. The van der Waals surface area contributed by atoms with Crippen LogP contribution in [0.3, 0.4) is 0 Å². The van der Waals surface area contributed by atoms with Crippen molar-refractivity contribution in [3.63, 3.8) is 0 Å². The van der Waals surface area contributed by atoms with Gasteiger partial charge in [-0.2, -0.15) is 11.8 Å². The molecule has 2 N–H and O–H groups in total. The van der Waals surface area contributed by atoms with Crippen LogP contribution in [0, 0.1) is 5.92 Å². The Kier molecular flexibility index (Phi) is 8.79. The topological polar surface area (TPSA) is 69.4 Å². The molecule has 1 saturated carbocycles. The van der Waals surface area contributed by atoms with E-state index in [1.807, 2.05) is 18.7 Å². The van der Waals surface area contributed by atoms with Crippen LogP contribution >= 0.6 is 11.8 Å². The molecule has 22 heavy (non-hydrogen) atoms. The normalized spacial score (nSPS) is 20.2. The predicted molar refractivity (Wildman–Crippen MR) is 91.9 cm³/mol. The molecule has 1 fully saturated rings. The quantitative estimate of drug-likeness (QED) is 0.400. The van der Waals surface area contributed by atoms with E-state index < -0.39 is 0 Å². The lowest BCUT2D eigenvalue weighted by molar-refractivity contribution is -0.126. The molecular weight excluding hydrogens is 298 g/mol. The fraction of sp³-hybridized carbons (Fsp3) is 0.765. The Hall–Kier alpha value is -0.810. The van der Waals surface area contributed by atoms with Gasteiger partial charge in [0.25, 0.3) is 0 Å². The van der Waals surface area contributed by atoms with Crippen molar-refractivity contribution in [3.8, 4) is 0 Å². The molecule has 0 aromatic heterocycles. The molecule has 126 valence electrons. The fourth-order valence-corrected chi connectivity index (χ4v) is 3.94. The van der Waals surface area contributed by atoms with Gasteiger partial charge in [-0.25, -0.2) is 0 Å². The molecule has 1 aliphatic rings. The summed E-state index contributed by atoms with van der Waals surface area (Å²) in [6.45, 7) is 7.16. The van der Waals surface area contributed by atoms with Crippen LogP contribution in [0.25, 0.3) is 0 Å². The van der Waals surface area contributed by atoms with E-state index in [0.29, 0.717) is 49.0 Å². The third kappa shape index (κ3) is 5.76. The van der Waals surface area contributed by atoms with Crippen molar-refractivity contribution in [2.75, 3.05) is 18.9 Å². The summed E-state index contributed by atoms with van der Waals surface area (Å²) in [5.74, 6) is 1.70. The van der Waals surface area contributed by atoms with Crippen molar-refractivity contribution in [3.05, 3.63) is 11.3 Å². The minimum absolute atomic E-state index is 0.0459. The van der Waals surface area contributed by atoms with E-state index in [1.54, 1.807) is 0 Å². The SMILES string of the molecule is CCOC(CCCN)=C1C(=O)CC(CC(C)SCC)CC1=O. The Labute approximate surface area is 138 Å². The van der Waals surface area contributed by atoms with Crippen LogP contribution in [-0.4, -0.2) is 35.7 Å². The first-order valence-electron chi connectivity index (χ1n) is 8.27. The van der Waals surface area contributed by atoms with Gasteiger partial charge in [0.1, 0.15) is 5.76 Å². The van der Waals surface area contributed by atoms with Gasteiger partial charge in [-0.3, -0.25) is 9.59 Å². The third-order valence-corrected chi connectivity index (χ3v) is 4.92. The lowest BCUT2D eigenvalue weighted by Gasteiger charge is -2.25. The van der Waals surface area contributed by atoms with Crippen LogP contribution in [-0.2, 0) is 14.3 Å². The van der Waals surface area contributed by atoms with Crippen LogP contribution in [0.15, 0.2) is 11.3 Å². The molecule has 5 heteroatoms. The van der Waals surface area contributed by atoms with Crippen molar-refractivity contribution >= 4 is 23.3 Å². The highest BCUT2D eigenvalue weighted by Crippen LogP contribution is 2.32. The van der Waals surface area contributed by atoms with E-state index in [1.165, 1.54) is 0 Å². The Balaban J connectivity index is 2.80. The molecule has 0 radical (unpaired) electrons. The summed E-state index contributed by atoms with van der Waals surface area (Å²) in [6, 6.07) is 0. The molecule has 0 saturated heterocycles. The Bertz CT molecular complexity index is 400. The number of carbonyl (C=O) groups excluding carboxylic acids is 2. The van der Waals surface area contributed by atoms with E-state index in [0.717, 1.165) is 18.6 Å². The number of thioether (sulfide) groups is 1. The van der Waals surface area contributed by atoms with Gasteiger partial charge in [-0.1, -0.05) is 13.8 Å². The van der Waals surface area contributed by atoms with Crippen molar-refractivity contribution in [2.45, 2.75) is 58.1 Å². The molecule has 0 aromatic rings. The zero-order valence-corrected chi connectivity index (χ0v) is 14.8. The number of allylic oxidation sites excluding steroid dienone is 2. The van der Waals surface area contributed by atoms with Crippen LogP contribution in [0.4, 0.5) is 0 Å². The summed E-state index contributed by atoms with van der Waals surface area (Å²) in [5.41, 5.74) is 5.83. The molecule has 0 spiro atoms. The number of hydrogen-bond acceptors (Lipinski definition) is 5. The molecule has 0 aliphatic heterocycles. The number of hydrogen-bond donors (Lipinski definition) is 1. The highest BCUT2D eigenvalue weighted by Gasteiger charge is 2.33. The molecule has 1 atom stereocenters. The van der Waals surface area contributed by atoms with Gasteiger partial charge in [-0.05, 0) is 38.0 Å². The van der Waals surface area contributed by atoms with Crippen LogP contribution in [0.2, 0.25) is 0 Å². The van der Waals surface area contributed by atoms with Gasteiger partial charge in [0.2, 0.25) is 0 Å². The third-order valence-electron chi connectivity index (χ3n) is 3.83. The standard InChI is InChI=1S/C17H29NO3S/c1-4-21-16(7-6-8-18)17-14(19)10-13(11-15(17)20)9-12(3)22-5-2/h12-13H,4-11,18H2,1-3H3. The Morgan fingerprint density at radius 2 is 1.95 bits per heavy atom. The van der Waals surface area contributed by atoms with Crippen LogP contribution < -0.4 is 5.73 Å². The van der Waals surface area contributed by atoms with Gasteiger partial charge in [0, 0.05) is 24.5 Å². The minimum Gasteiger partial charge on any atom is -0.497 e. The number of carbonyl (C=O) groups is 2. The molecule has 0 amide bonds. The maximum atomic E-state index is 12.4. The van der Waals surface area contributed by atoms with Gasteiger partial charge >= 0.3 is 0 Å². The highest BCUT2D eigenvalue weighted by molar-refractivity contribution is 7.99. The van der Waals surface area contributed by atoms with E-state index in [4.69, 9.17) is 10.5 Å². The maximum absolute atomic E-state index is 12.4. The lowest BCUT2D eigenvalue weighted by Crippen LogP contribution is -2.29. The fourth-order valence-electron chi connectivity index (χ4n) is 2.96. The van der Waals surface area contributed by atoms with Gasteiger partial charge in [-0.15, -0.1) is 0 Å². The first kappa shape index (κ1) is 19.2. The van der Waals surface area contributed by atoms with E-state index in [9.17, 15) is 9.59 Å². The lowest BCUT2D eigenvalue weighted by atomic mass is 9.80. The minimum atomic E-state index is -0.0459. The predicted octanol–water partition coefficient (Wildman–Crippen LogP) is 3.10. The van der Waals surface area contributed by atoms with Crippen molar-refractivity contribution in [2.24, 2.45) is 11.7 Å². The summed E-state index contributed by atoms with van der Waals surface area (Å²) in [5, 5.41) is 0.490. The van der Waals surface area contributed by atoms with Gasteiger partial charge in [0.05, 0.1) is 12.2 Å². The average Bonchev–Trinajstić information content (AvgIpc) is 2.44. The van der Waals surface area contributed by atoms with E-state index >= 15 is 0 Å². The van der Waals surface area contributed by atoms with E-state index in [-0.39, 0.29) is 17.5 Å². The second-order valence-corrected chi connectivity index (χ2v) is 7.46. The maximum Gasteiger partial charge on any atom is 0.170 e. The molecule has 0 bridgehead atoms. The molecule has 0 heterocycles. The van der Waals surface area contributed by atoms with Crippen molar-refractivity contribution in [1.82, 2.24) is 0 Å². The summed E-state index contributed by atoms with van der Waals surface area (Å²) >= 11 is 1.88. The zero-order valence-electron chi connectivity index (χ0n) is 14.0. The zero-order chi connectivity index (χ0) is 16.5. The smallest absolute Gasteiger partial charge is 0.170 e. The molecule has 1 aliphatic carbocycles. The van der Waals surface area contributed by atoms with Gasteiger partial charge in [0.15, 0.2) is 11.6 Å². The summed E-state index contributed by atoms with van der Waals surface area (Å²) in [7, 11) is 0. The van der Waals surface area contributed by atoms with E-state index in [2.05, 4.69) is 13.8 Å². The average molecular weight is 327 g/mol. The molecule has 4 nitrogen and oxygen atoms in total. The Morgan fingerprint density at radius 3 is 2.45 bits per heavy atom. The summed E-state index contributed by atoms with van der Waals surface area (Å²) in [6.07, 6.45) is 3.16.